The van der Waals surface area contributed by atoms with E-state index in [0.29, 0.717) is 22.5 Å². The van der Waals surface area contributed by atoms with E-state index in [1.165, 1.54) is 20.2 Å². The Morgan fingerprint density at radius 2 is 1.16 bits per heavy atom. The Kier molecular flexibility index (Phi) is 4.67. The fourth-order valence-electron chi connectivity index (χ4n) is 3.94. The first-order valence-electron chi connectivity index (χ1n) is 10.2. The van der Waals surface area contributed by atoms with Crippen molar-refractivity contribution in [1.29, 1.82) is 0 Å². The molecule has 32 heavy (non-hydrogen) atoms. The van der Waals surface area contributed by atoms with Gasteiger partial charge in [0.05, 0.1) is 5.02 Å². The van der Waals surface area contributed by atoms with Crippen molar-refractivity contribution in [3.63, 3.8) is 0 Å². The minimum absolute atomic E-state index is 0.566. The molecule has 0 bridgehead atoms. The van der Waals surface area contributed by atoms with Crippen molar-refractivity contribution < 1.29 is 0 Å². The third-order valence-electron chi connectivity index (χ3n) is 5.43. The third-order valence-corrected chi connectivity index (χ3v) is 6.89. The topological polar surface area (TPSA) is 38.7 Å². The van der Waals surface area contributed by atoms with E-state index >= 15 is 0 Å². The molecule has 4 aromatic carbocycles. The Labute approximate surface area is 194 Å². The van der Waals surface area contributed by atoms with Crippen molar-refractivity contribution in [3.8, 4) is 34.2 Å². The first-order chi connectivity index (χ1) is 15.8. The van der Waals surface area contributed by atoms with Gasteiger partial charge in [0, 0.05) is 36.9 Å². The maximum Gasteiger partial charge on any atom is 0.165 e. The van der Waals surface area contributed by atoms with Crippen LogP contribution in [0.1, 0.15) is 0 Å². The van der Waals surface area contributed by atoms with Crippen LogP contribution in [0, 0.1) is 0 Å². The van der Waals surface area contributed by atoms with Gasteiger partial charge in [0.2, 0.25) is 0 Å². The average molecular weight is 450 g/mol. The number of benzene rings is 4. The summed E-state index contributed by atoms with van der Waals surface area (Å²) >= 11 is 8.29. The summed E-state index contributed by atoms with van der Waals surface area (Å²) in [6, 6.07) is 32.4. The molecular formula is C27H16ClN3S. The lowest BCUT2D eigenvalue weighted by Gasteiger charge is -2.10. The Balaban J connectivity index is 1.67. The second-order valence-corrected chi connectivity index (χ2v) is 8.92. The number of halogens is 1. The van der Waals surface area contributed by atoms with Gasteiger partial charge in [-0.25, -0.2) is 15.0 Å². The van der Waals surface area contributed by atoms with Crippen molar-refractivity contribution in [2.24, 2.45) is 0 Å². The molecule has 0 N–H and O–H groups in total. The van der Waals surface area contributed by atoms with E-state index < -0.39 is 0 Å². The lowest BCUT2D eigenvalue weighted by Crippen LogP contribution is -2.00. The summed E-state index contributed by atoms with van der Waals surface area (Å²) in [6.07, 6.45) is 0. The molecule has 6 rings (SSSR count). The van der Waals surface area contributed by atoms with Crippen molar-refractivity contribution in [2.75, 3.05) is 0 Å². The molecule has 0 aliphatic rings. The minimum Gasteiger partial charge on any atom is -0.208 e. The molecule has 0 fully saturated rings. The minimum atomic E-state index is 0.566. The van der Waals surface area contributed by atoms with Gasteiger partial charge in [-0.15, -0.1) is 11.3 Å². The highest BCUT2D eigenvalue weighted by atomic mass is 35.5. The van der Waals surface area contributed by atoms with Crippen molar-refractivity contribution in [2.45, 2.75) is 0 Å². The number of thiophene rings is 1. The summed E-state index contributed by atoms with van der Waals surface area (Å²) < 4.78 is 2.46. The summed E-state index contributed by atoms with van der Waals surface area (Å²) in [5.74, 6) is 1.83. The van der Waals surface area contributed by atoms with Gasteiger partial charge in [-0.3, -0.25) is 0 Å². The van der Waals surface area contributed by atoms with Crippen molar-refractivity contribution >= 4 is 43.1 Å². The molecule has 0 saturated carbocycles. The summed E-state index contributed by atoms with van der Waals surface area (Å²) in [7, 11) is 0. The Bertz CT molecular complexity index is 1590. The number of rotatable bonds is 3. The van der Waals surface area contributed by atoms with E-state index in [9.17, 15) is 0 Å². The smallest absolute Gasteiger partial charge is 0.165 e. The van der Waals surface area contributed by atoms with Gasteiger partial charge in [-0.2, -0.15) is 0 Å². The molecule has 2 heterocycles. The molecule has 5 heteroatoms. The van der Waals surface area contributed by atoms with Crippen LogP contribution in [-0.2, 0) is 0 Å². The zero-order valence-electron chi connectivity index (χ0n) is 16.9. The van der Waals surface area contributed by atoms with Crippen LogP contribution in [0.3, 0.4) is 0 Å². The molecule has 0 unspecified atom stereocenters. The lowest BCUT2D eigenvalue weighted by molar-refractivity contribution is 1.08. The van der Waals surface area contributed by atoms with Gasteiger partial charge in [-0.1, -0.05) is 84.4 Å². The molecule has 0 spiro atoms. The summed E-state index contributed by atoms with van der Waals surface area (Å²) in [6.45, 7) is 0. The maximum atomic E-state index is 6.51. The number of nitrogens with zero attached hydrogens (tertiary/aromatic N) is 3. The molecule has 6 aromatic rings. The lowest BCUT2D eigenvalue weighted by atomic mass is 10.1. The molecule has 0 amide bonds. The van der Waals surface area contributed by atoms with Gasteiger partial charge in [0.25, 0.3) is 0 Å². The van der Waals surface area contributed by atoms with E-state index in [1.807, 2.05) is 54.6 Å². The molecule has 152 valence electrons. The predicted octanol–water partition coefficient (Wildman–Crippen LogP) is 7.89. The van der Waals surface area contributed by atoms with E-state index in [-0.39, 0.29) is 0 Å². The summed E-state index contributed by atoms with van der Waals surface area (Å²) in [4.78, 5) is 14.6. The van der Waals surface area contributed by atoms with Gasteiger partial charge < -0.3 is 0 Å². The van der Waals surface area contributed by atoms with Crippen molar-refractivity contribution in [3.05, 3.63) is 102 Å². The normalized spacial score (nSPS) is 11.3. The highest BCUT2D eigenvalue weighted by Crippen LogP contribution is 2.39. The largest absolute Gasteiger partial charge is 0.208 e. The van der Waals surface area contributed by atoms with Crippen LogP contribution in [0.4, 0.5) is 0 Å². The zero-order valence-corrected chi connectivity index (χ0v) is 18.4. The predicted molar refractivity (Wildman–Crippen MR) is 134 cm³/mol. The summed E-state index contributed by atoms with van der Waals surface area (Å²) in [5, 5.41) is 3.00. The van der Waals surface area contributed by atoms with Crippen LogP contribution >= 0.6 is 22.9 Å². The van der Waals surface area contributed by atoms with Crippen molar-refractivity contribution in [1.82, 2.24) is 15.0 Å². The Morgan fingerprint density at radius 1 is 0.531 bits per heavy atom. The van der Waals surface area contributed by atoms with Gasteiger partial charge in [0.1, 0.15) is 0 Å². The van der Waals surface area contributed by atoms with E-state index in [0.717, 1.165) is 16.7 Å². The Morgan fingerprint density at radius 3 is 2.00 bits per heavy atom. The van der Waals surface area contributed by atoms with E-state index in [2.05, 4.69) is 42.5 Å². The van der Waals surface area contributed by atoms with Crippen LogP contribution in [0.5, 0.6) is 0 Å². The highest BCUT2D eigenvalue weighted by molar-refractivity contribution is 7.25. The van der Waals surface area contributed by atoms with Gasteiger partial charge in [0.15, 0.2) is 17.5 Å². The number of hydrogen-bond donors (Lipinski definition) is 0. The molecule has 0 radical (unpaired) electrons. The van der Waals surface area contributed by atoms with Crippen LogP contribution in [0.25, 0.3) is 54.3 Å². The second-order valence-electron chi connectivity index (χ2n) is 7.43. The molecule has 0 atom stereocenters. The highest BCUT2D eigenvalue weighted by Gasteiger charge is 2.17. The SMILES string of the molecule is Clc1ccccc1-c1nc(-c2ccccc2)nc(-c2cccc3sc4ccccc4c23)n1. The average Bonchev–Trinajstić information content (AvgIpc) is 3.23. The standard InChI is InChI=1S/C27H16ClN3S/c28-21-14-6-4-11-18(21)26-29-25(17-9-2-1-3-10-17)30-27(31-26)20-13-8-16-23-24(20)19-12-5-7-15-22(19)32-23/h1-16H. The van der Waals surface area contributed by atoms with Gasteiger partial charge in [-0.05, 0) is 24.3 Å². The second kappa shape index (κ2) is 7.83. The van der Waals surface area contributed by atoms with Crippen LogP contribution in [0.15, 0.2) is 97.1 Å². The zero-order chi connectivity index (χ0) is 21.5. The maximum absolute atomic E-state index is 6.51. The quantitative estimate of drug-likeness (QED) is 0.275. The molecule has 3 nitrogen and oxygen atoms in total. The Hall–Kier alpha value is -3.60. The van der Waals surface area contributed by atoms with Crippen LogP contribution in [0.2, 0.25) is 5.02 Å². The first-order valence-corrected chi connectivity index (χ1v) is 11.4. The van der Waals surface area contributed by atoms with Crippen LogP contribution < -0.4 is 0 Å². The fourth-order valence-corrected chi connectivity index (χ4v) is 5.29. The number of hydrogen-bond acceptors (Lipinski definition) is 4. The van der Waals surface area contributed by atoms with E-state index in [4.69, 9.17) is 26.6 Å². The third kappa shape index (κ3) is 3.25. The molecule has 0 aliphatic carbocycles. The molecular weight excluding hydrogens is 434 g/mol. The number of fused-ring (bicyclic) bond motifs is 3. The molecule has 0 saturated heterocycles. The fraction of sp³-hybridized carbons (Fsp3) is 0. The molecule has 2 aromatic heterocycles. The first kappa shape index (κ1) is 19.1. The number of aromatic nitrogens is 3. The summed E-state index contributed by atoms with van der Waals surface area (Å²) in [5.41, 5.74) is 2.72. The van der Waals surface area contributed by atoms with E-state index in [1.54, 1.807) is 11.3 Å². The van der Waals surface area contributed by atoms with Gasteiger partial charge >= 0.3 is 0 Å². The van der Waals surface area contributed by atoms with Crippen LogP contribution in [-0.4, -0.2) is 15.0 Å². The molecule has 0 aliphatic heterocycles. The monoisotopic (exact) mass is 449 g/mol.